The lowest BCUT2D eigenvalue weighted by molar-refractivity contribution is 0.340. The van der Waals surface area contributed by atoms with Gasteiger partial charge in [-0.3, -0.25) is 0 Å². The van der Waals surface area contributed by atoms with Crippen molar-refractivity contribution in [3.05, 3.63) is 41.7 Å². The van der Waals surface area contributed by atoms with Crippen LogP contribution in [-0.2, 0) is 0 Å². The molecule has 0 bridgehead atoms. The largest absolute Gasteiger partial charge is 0.502 e. The third kappa shape index (κ3) is 4.80. The molecule has 3 rings (SSSR count). The SMILES string of the molecule is COc1cc(/C=N\Nc2nncn2/N=C\c2cc(OC)c(O)c(OC)c2)cc(OC)c1O. The number of aromatic nitrogens is 3. The molecule has 3 N–H and O–H groups in total. The Bertz CT molecular complexity index is 1090. The van der Waals surface area contributed by atoms with Gasteiger partial charge in [0.15, 0.2) is 23.0 Å². The number of aromatic hydroxyl groups is 2. The summed E-state index contributed by atoms with van der Waals surface area (Å²) in [5, 5.41) is 36.1. The standard InChI is InChI=1S/C20H22N6O6/c1-29-14-5-12(6-15(30-2)18(14)27)9-21-24-20-25-22-11-26(20)23-10-13-7-16(31-3)19(28)17(8-13)32-4/h5-11,27-28H,1-4H3,(H,24,25)/b21-9-,23-10-. The predicted molar refractivity (Wildman–Crippen MR) is 117 cm³/mol. The van der Waals surface area contributed by atoms with Crippen LogP contribution in [0.2, 0.25) is 0 Å². The van der Waals surface area contributed by atoms with E-state index in [0.717, 1.165) is 0 Å². The van der Waals surface area contributed by atoms with E-state index < -0.39 is 0 Å². The van der Waals surface area contributed by atoms with E-state index in [-0.39, 0.29) is 40.4 Å². The van der Waals surface area contributed by atoms with Gasteiger partial charge in [-0.2, -0.15) is 14.9 Å². The number of phenols is 2. The molecule has 0 unspecified atom stereocenters. The minimum atomic E-state index is -0.101. The van der Waals surface area contributed by atoms with E-state index in [1.807, 2.05) is 0 Å². The fraction of sp³-hybridized carbons (Fsp3) is 0.200. The van der Waals surface area contributed by atoms with Crippen molar-refractivity contribution in [1.82, 2.24) is 14.9 Å². The van der Waals surface area contributed by atoms with E-state index in [1.165, 1.54) is 51.9 Å². The summed E-state index contributed by atoms with van der Waals surface area (Å²) in [5.74, 6) is 1.03. The van der Waals surface area contributed by atoms with E-state index >= 15 is 0 Å². The second kappa shape index (κ2) is 10.0. The minimum absolute atomic E-state index is 0.100. The molecular weight excluding hydrogens is 420 g/mol. The Kier molecular flexibility index (Phi) is 6.95. The number of ether oxygens (including phenoxy) is 4. The molecule has 0 aliphatic carbocycles. The molecule has 0 amide bonds. The van der Waals surface area contributed by atoms with Gasteiger partial charge in [-0.15, -0.1) is 10.2 Å². The van der Waals surface area contributed by atoms with Crippen LogP contribution in [-0.4, -0.2) is 66.0 Å². The zero-order chi connectivity index (χ0) is 23.1. The topological polar surface area (TPSA) is 145 Å². The quantitative estimate of drug-likeness (QED) is 0.335. The molecule has 0 saturated carbocycles. The summed E-state index contributed by atoms with van der Waals surface area (Å²) in [4.78, 5) is 0. The van der Waals surface area contributed by atoms with Crippen LogP contribution in [0.5, 0.6) is 34.5 Å². The number of anilines is 1. The van der Waals surface area contributed by atoms with Crippen molar-refractivity contribution in [1.29, 1.82) is 0 Å². The molecule has 0 fully saturated rings. The van der Waals surface area contributed by atoms with E-state index in [9.17, 15) is 10.2 Å². The first-order valence-electron chi connectivity index (χ1n) is 9.14. The lowest BCUT2D eigenvalue weighted by Gasteiger charge is -2.09. The van der Waals surface area contributed by atoms with Crippen LogP contribution in [0.25, 0.3) is 0 Å². The van der Waals surface area contributed by atoms with Gasteiger partial charge in [0.05, 0.1) is 40.9 Å². The number of hydrogen-bond acceptors (Lipinski definition) is 11. The Balaban J connectivity index is 1.77. The normalized spacial score (nSPS) is 11.1. The Morgan fingerprint density at radius 1 is 0.812 bits per heavy atom. The highest BCUT2D eigenvalue weighted by atomic mass is 16.5. The van der Waals surface area contributed by atoms with Crippen LogP contribution >= 0.6 is 0 Å². The molecule has 0 aliphatic heterocycles. The van der Waals surface area contributed by atoms with Crippen LogP contribution in [0.15, 0.2) is 40.8 Å². The highest BCUT2D eigenvalue weighted by Crippen LogP contribution is 2.37. The number of rotatable bonds is 9. The number of methoxy groups -OCH3 is 4. The molecule has 0 radical (unpaired) electrons. The number of nitrogens with one attached hydrogen (secondary N) is 1. The zero-order valence-electron chi connectivity index (χ0n) is 17.8. The molecular formula is C20H22N6O6. The number of benzene rings is 2. The van der Waals surface area contributed by atoms with Crippen LogP contribution < -0.4 is 24.4 Å². The average Bonchev–Trinajstić information content (AvgIpc) is 3.26. The highest BCUT2D eigenvalue weighted by molar-refractivity contribution is 5.83. The van der Waals surface area contributed by atoms with E-state index in [2.05, 4.69) is 25.8 Å². The minimum Gasteiger partial charge on any atom is -0.502 e. The smallest absolute Gasteiger partial charge is 0.265 e. The monoisotopic (exact) mass is 442 g/mol. The van der Waals surface area contributed by atoms with Crippen LogP contribution in [0.4, 0.5) is 5.95 Å². The fourth-order valence-corrected chi connectivity index (χ4v) is 2.66. The van der Waals surface area contributed by atoms with Crippen molar-refractivity contribution in [2.45, 2.75) is 0 Å². The maximum absolute atomic E-state index is 10.0. The lowest BCUT2D eigenvalue weighted by Crippen LogP contribution is -2.00. The second-order valence-corrected chi connectivity index (χ2v) is 6.16. The Labute approximate surface area is 183 Å². The first-order valence-corrected chi connectivity index (χ1v) is 9.14. The summed E-state index contributed by atoms with van der Waals surface area (Å²) in [7, 11) is 5.75. The molecule has 0 saturated heterocycles. The average molecular weight is 442 g/mol. The Morgan fingerprint density at radius 3 is 1.75 bits per heavy atom. The van der Waals surface area contributed by atoms with Gasteiger partial charge < -0.3 is 29.2 Å². The van der Waals surface area contributed by atoms with Crippen LogP contribution in [0, 0.1) is 0 Å². The van der Waals surface area contributed by atoms with E-state index in [1.54, 1.807) is 24.3 Å². The van der Waals surface area contributed by atoms with Crippen molar-refractivity contribution >= 4 is 18.4 Å². The Hall–Kier alpha value is -4.48. The molecule has 1 heterocycles. The van der Waals surface area contributed by atoms with E-state index in [4.69, 9.17) is 18.9 Å². The molecule has 0 spiro atoms. The van der Waals surface area contributed by atoms with Gasteiger partial charge in [0, 0.05) is 11.1 Å². The third-order valence-corrected chi connectivity index (χ3v) is 4.24. The summed E-state index contributed by atoms with van der Waals surface area (Å²) in [6.45, 7) is 0. The molecule has 12 heteroatoms. The van der Waals surface area contributed by atoms with Gasteiger partial charge in [0.2, 0.25) is 11.5 Å². The van der Waals surface area contributed by atoms with Crippen molar-refractivity contribution in [2.24, 2.45) is 10.2 Å². The summed E-state index contributed by atoms with van der Waals surface area (Å²) in [6.07, 6.45) is 4.39. The van der Waals surface area contributed by atoms with Gasteiger partial charge >= 0.3 is 0 Å². The first kappa shape index (κ1) is 22.2. The number of nitrogens with zero attached hydrogens (tertiary/aromatic N) is 5. The second-order valence-electron chi connectivity index (χ2n) is 6.16. The zero-order valence-corrected chi connectivity index (χ0v) is 17.8. The van der Waals surface area contributed by atoms with Gasteiger partial charge in [-0.25, -0.2) is 5.43 Å². The van der Waals surface area contributed by atoms with Crippen LogP contribution in [0.1, 0.15) is 11.1 Å². The van der Waals surface area contributed by atoms with Gasteiger partial charge in [-0.1, -0.05) is 0 Å². The summed E-state index contributed by atoms with van der Waals surface area (Å²) in [5.41, 5.74) is 3.96. The summed E-state index contributed by atoms with van der Waals surface area (Å²) in [6, 6.07) is 6.39. The van der Waals surface area contributed by atoms with Crippen molar-refractivity contribution in [2.75, 3.05) is 33.9 Å². The van der Waals surface area contributed by atoms with Crippen molar-refractivity contribution in [3.63, 3.8) is 0 Å². The third-order valence-electron chi connectivity index (χ3n) is 4.24. The number of phenolic OH excluding ortho intramolecular Hbond substituents is 2. The number of hydrazone groups is 1. The van der Waals surface area contributed by atoms with Crippen molar-refractivity contribution in [3.8, 4) is 34.5 Å². The summed E-state index contributed by atoms with van der Waals surface area (Å²) >= 11 is 0. The summed E-state index contributed by atoms with van der Waals surface area (Å²) < 4.78 is 21.9. The van der Waals surface area contributed by atoms with E-state index in [0.29, 0.717) is 11.1 Å². The Morgan fingerprint density at radius 2 is 1.28 bits per heavy atom. The molecule has 32 heavy (non-hydrogen) atoms. The highest BCUT2D eigenvalue weighted by Gasteiger charge is 2.11. The van der Waals surface area contributed by atoms with Crippen LogP contribution in [0.3, 0.4) is 0 Å². The molecule has 12 nitrogen and oxygen atoms in total. The number of hydrogen-bond donors (Lipinski definition) is 3. The predicted octanol–water partition coefficient (Wildman–Crippen LogP) is 2.05. The molecule has 1 aromatic heterocycles. The lowest BCUT2D eigenvalue weighted by atomic mass is 10.2. The first-order chi connectivity index (χ1) is 15.5. The van der Waals surface area contributed by atoms with Gasteiger partial charge in [-0.05, 0) is 24.3 Å². The molecule has 0 aliphatic rings. The molecule has 2 aromatic carbocycles. The van der Waals surface area contributed by atoms with Gasteiger partial charge in [0.25, 0.3) is 5.95 Å². The molecule has 0 atom stereocenters. The fourth-order valence-electron chi connectivity index (χ4n) is 2.66. The van der Waals surface area contributed by atoms with Crippen molar-refractivity contribution < 1.29 is 29.2 Å². The van der Waals surface area contributed by atoms with Gasteiger partial charge in [0.1, 0.15) is 6.33 Å². The maximum atomic E-state index is 10.0. The molecule has 168 valence electrons. The molecule has 3 aromatic rings. The maximum Gasteiger partial charge on any atom is 0.265 e.